The lowest BCUT2D eigenvalue weighted by atomic mass is 10.1. The Morgan fingerprint density at radius 2 is 2.05 bits per heavy atom. The van der Waals surface area contributed by atoms with Crippen molar-refractivity contribution in [3.05, 3.63) is 34.9 Å². The van der Waals surface area contributed by atoms with Crippen molar-refractivity contribution >= 4 is 17.5 Å². The molecule has 1 aliphatic heterocycles. The van der Waals surface area contributed by atoms with E-state index in [1.54, 1.807) is 24.3 Å². The van der Waals surface area contributed by atoms with Crippen LogP contribution in [-0.4, -0.2) is 41.4 Å². The average Bonchev–Trinajstić information content (AvgIpc) is 2.55. The standard InChI is InChI=1S/C15H13ClN4O2/c16-11-3-1-2-10(8-11)13-12(9-17)14(21)19-15(18-13)20-4-6-22-7-5-20/h1-3,8H,4-7H2,(H,18,19,21). The summed E-state index contributed by atoms with van der Waals surface area (Å²) in [5.41, 5.74) is 1.08. The van der Waals surface area contributed by atoms with Gasteiger partial charge >= 0.3 is 0 Å². The fourth-order valence-electron chi connectivity index (χ4n) is 2.29. The average molecular weight is 317 g/mol. The molecule has 2 aromatic rings. The molecule has 1 saturated heterocycles. The zero-order valence-electron chi connectivity index (χ0n) is 11.7. The number of halogens is 1. The number of aromatic nitrogens is 2. The maximum atomic E-state index is 10.1. The summed E-state index contributed by atoms with van der Waals surface area (Å²) >= 11 is 6.00. The Bertz CT molecular complexity index is 739. The van der Waals surface area contributed by atoms with Gasteiger partial charge in [-0.2, -0.15) is 10.2 Å². The maximum absolute atomic E-state index is 10.1. The molecule has 1 aromatic carbocycles. The number of nitriles is 1. The Morgan fingerprint density at radius 1 is 1.27 bits per heavy atom. The van der Waals surface area contributed by atoms with Gasteiger partial charge in [0.1, 0.15) is 11.6 Å². The van der Waals surface area contributed by atoms with Gasteiger partial charge in [-0.05, 0) is 12.1 Å². The van der Waals surface area contributed by atoms with E-state index in [1.165, 1.54) is 0 Å². The molecule has 2 heterocycles. The molecule has 0 amide bonds. The van der Waals surface area contributed by atoms with Crippen LogP contribution in [0.4, 0.5) is 5.95 Å². The van der Waals surface area contributed by atoms with E-state index in [9.17, 15) is 10.4 Å². The van der Waals surface area contributed by atoms with Crippen LogP contribution in [0.3, 0.4) is 0 Å². The number of aromatic hydroxyl groups is 1. The number of hydrogen-bond donors (Lipinski definition) is 1. The molecule has 0 saturated carbocycles. The molecule has 22 heavy (non-hydrogen) atoms. The molecule has 1 N–H and O–H groups in total. The second-order valence-corrected chi connectivity index (χ2v) is 5.23. The topological polar surface area (TPSA) is 82.3 Å². The van der Waals surface area contributed by atoms with Gasteiger partial charge in [-0.25, -0.2) is 4.98 Å². The number of morpholine rings is 1. The molecule has 112 valence electrons. The summed E-state index contributed by atoms with van der Waals surface area (Å²) in [6, 6.07) is 8.95. The highest BCUT2D eigenvalue weighted by Crippen LogP contribution is 2.30. The predicted molar refractivity (Wildman–Crippen MR) is 81.9 cm³/mol. The van der Waals surface area contributed by atoms with Crippen molar-refractivity contribution in [1.82, 2.24) is 9.97 Å². The fourth-order valence-corrected chi connectivity index (χ4v) is 2.48. The second-order valence-electron chi connectivity index (χ2n) is 4.79. The molecule has 3 rings (SSSR count). The summed E-state index contributed by atoms with van der Waals surface area (Å²) in [6.07, 6.45) is 0. The monoisotopic (exact) mass is 316 g/mol. The van der Waals surface area contributed by atoms with Crippen LogP contribution in [0.25, 0.3) is 11.3 Å². The summed E-state index contributed by atoms with van der Waals surface area (Å²) in [6.45, 7) is 2.44. The third kappa shape index (κ3) is 2.82. The lowest BCUT2D eigenvalue weighted by molar-refractivity contribution is 0.122. The van der Waals surface area contributed by atoms with Gasteiger partial charge < -0.3 is 14.7 Å². The van der Waals surface area contributed by atoms with Crippen molar-refractivity contribution in [2.75, 3.05) is 31.2 Å². The highest BCUT2D eigenvalue weighted by molar-refractivity contribution is 6.30. The SMILES string of the molecule is N#Cc1c(O)nc(N2CCOCC2)nc1-c1cccc(Cl)c1. The van der Waals surface area contributed by atoms with Gasteiger partial charge in [-0.1, -0.05) is 23.7 Å². The number of rotatable bonds is 2. The number of nitrogens with zero attached hydrogens (tertiary/aromatic N) is 4. The molecular formula is C15H13ClN4O2. The van der Waals surface area contributed by atoms with Crippen molar-refractivity contribution in [2.45, 2.75) is 0 Å². The van der Waals surface area contributed by atoms with Crippen LogP contribution in [0, 0.1) is 11.3 Å². The van der Waals surface area contributed by atoms with E-state index in [0.29, 0.717) is 48.5 Å². The summed E-state index contributed by atoms with van der Waals surface area (Å²) in [5.74, 6) is 0.0590. The van der Waals surface area contributed by atoms with Crippen molar-refractivity contribution in [3.63, 3.8) is 0 Å². The van der Waals surface area contributed by atoms with Crippen LogP contribution >= 0.6 is 11.6 Å². The molecule has 0 aliphatic carbocycles. The Kier molecular flexibility index (Phi) is 4.09. The van der Waals surface area contributed by atoms with Crippen LogP contribution < -0.4 is 4.90 Å². The molecule has 7 heteroatoms. The maximum Gasteiger partial charge on any atom is 0.234 e. The summed E-state index contributed by atoms with van der Waals surface area (Å²) in [5, 5.41) is 19.9. The summed E-state index contributed by atoms with van der Waals surface area (Å²) in [7, 11) is 0. The van der Waals surface area contributed by atoms with Gasteiger partial charge in [0.2, 0.25) is 11.8 Å². The first-order chi connectivity index (χ1) is 10.7. The van der Waals surface area contributed by atoms with Gasteiger partial charge in [-0.15, -0.1) is 0 Å². The van der Waals surface area contributed by atoms with E-state index in [-0.39, 0.29) is 11.4 Å². The van der Waals surface area contributed by atoms with Gasteiger partial charge in [0.25, 0.3) is 0 Å². The highest BCUT2D eigenvalue weighted by atomic mass is 35.5. The van der Waals surface area contributed by atoms with E-state index in [1.807, 2.05) is 11.0 Å². The quantitative estimate of drug-likeness (QED) is 0.914. The number of hydrogen-bond acceptors (Lipinski definition) is 6. The molecule has 6 nitrogen and oxygen atoms in total. The fraction of sp³-hybridized carbons (Fsp3) is 0.267. The minimum Gasteiger partial charge on any atom is -0.492 e. The zero-order valence-corrected chi connectivity index (χ0v) is 12.4. The first kappa shape index (κ1) is 14.6. The lowest BCUT2D eigenvalue weighted by Gasteiger charge is -2.27. The van der Waals surface area contributed by atoms with Gasteiger partial charge in [0, 0.05) is 23.7 Å². The predicted octanol–water partition coefficient (Wildman–Crippen LogP) is 2.21. The number of benzene rings is 1. The molecule has 0 radical (unpaired) electrons. The Balaban J connectivity index is 2.11. The minimum absolute atomic E-state index is 0.0410. The van der Waals surface area contributed by atoms with Crippen LogP contribution in [0.15, 0.2) is 24.3 Å². The third-order valence-corrected chi connectivity index (χ3v) is 3.62. The summed E-state index contributed by atoms with van der Waals surface area (Å²) < 4.78 is 5.30. The van der Waals surface area contributed by atoms with Crippen molar-refractivity contribution in [3.8, 4) is 23.2 Å². The van der Waals surface area contributed by atoms with Crippen molar-refractivity contribution in [1.29, 1.82) is 5.26 Å². The third-order valence-electron chi connectivity index (χ3n) is 3.38. The molecule has 0 atom stereocenters. The molecule has 1 fully saturated rings. The zero-order chi connectivity index (χ0) is 15.5. The number of ether oxygens (including phenoxy) is 1. The summed E-state index contributed by atoms with van der Waals surface area (Å²) in [4.78, 5) is 10.4. The Labute approximate surface area is 132 Å². The van der Waals surface area contributed by atoms with E-state index >= 15 is 0 Å². The van der Waals surface area contributed by atoms with E-state index < -0.39 is 0 Å². The molecular weight excluding hydrogens is 304 g/mol. The molecule has 0 spiro atoms. The van der Waals surface area contributed by atoms with Crippen LogP contribution in [0.1, 0.15) is 5.56 Å². The van der Waals surface area contributed by atoms with Gasteiger partial charge in [0.15, 0.2) is 0 Å². The van der Waals surface area contributed by atoms with Crippen LogP contribution in [0.2, 0.25) is 5.02 Å². The molecule has 0 unspecified atom stereocenters. The van der Waals surface area contributed by atoms with Crippen molar-refractivity contribution < 1.29 is 9.84 Å². The van der Waals surface area contributed by atoms with Gasteiger partial charge in [0.05, 0.1) is 18.9 Å². The second kappa shape index (κ2) is 6.18. The van der Waals surface area contributed by atoms with Gasteiger partial charge in [-0.3, -0.25) is 0 Å². The van der Waals surface area contributed by atoms with E-state index in [2.05, 4.69) is 9.97 Å². The normalized spacial score (nSPS) is 14.6. The van der Waals surface area contributed by atoms with E-state index in [4.69, 9.17) is 16.3 Å². The van der Waals surface area contributed by atoms with Crippen LogP contribution in [-0.2, 0) is 4.74 Å². The molecule has 0 bridgehead atoms. The number of anilines is 1. The highest BCUT2D eigenvalue weighted by Gasteiger charge is 2.20. The first-order valence-electron chi connectivity index (χ1n) is 6.79. The minimum atomic E-state index is -0.325. The smallest absolute Gasteiger partial charge is 0.234 e. The van der Waals surface area contributed by atoms with Crippen LogP contribution in [0.5, 0.6) is 5.88 Å². The molecule has 1 aliphatic rings. The Hall–Kier alpha value is -2.36. The van der Waals surface area contributed by atoms with E-state index in [0.717, 1.165) is 0 Å². The molecule has 1 aromatic heterocycles. The Morgan fingerprint density at radius 3 is 2.73 bits per heavy atom. The first-order valence-corrected chi connectivity index (χ1v) is 7.16. The lowest BCUT2D eigenvalue weighted by Crippen LogP contribution is -2.37. The largest absolute Gasteiger partial charge is 0.492 e. The van der Waals surface area contributed by atoms with Crippen molar-refractivity contribution in [2.24, 2.45) is 0 Å².